The molecule has 5 rings (SSSR count). The average Bonchev–Trinajstić information content (AvgIpc) is 3.15. The second kappa shape index (κ2) is 9.45. The number of hydrogen-bond acceptors (Lipinski definition) is 1. The molecule has 156 valence electrons. The number of fused-ring (bicyclic) bond motifs is 3. The van der Waals surface area contributed by atoms with Gasteiger partial charge in [-0.15, -0.1) is 12.6 Å². The molecule has 2 heteroatoms. The molecule has 1 nitrogen and oxygen atoms in total. The van der Waals surface area contributed by atoms with E-state index >= 15 is 0 Å². The second-order valence-corrected chi connectivity index (χ2v) is 8.43. The van der Waals surface area contributed by atoms with E-state index in [1.165, 1.54) is 43.9 Å². The van der Waals surface area contributed by atoms with E-state index < -0.39 is 0 Å². The minimum absolute atomic E-state index is 1.06. The molecule has 0 fully saturated rings. The van der Waals surface area contributed by atoms with Crippen LogP contribution in [0.4, 0.5) is 0 Å². The molecule has 0 amide bonds. The first-order chi connectivity index (χ1) is 15.1. The van der Waals surface area contributed by atoms with Gasteiger partial charge in [-0.05, 0) is 80.6 Å². The summed E-state index contributed by atoms with van der Waals surface area (Å²) in [5.41, 5.74) is 6.40. The molecule has 0 saturated heterocycles. The Hall–Kier alpha value is -2.97. The second-order valence-electron chi connectivity index (χ2n) is 7.95. The molecule has 0 N–H and O–H groups in total. The highest BCUT2D eigenvalue weighted by atomic mass is 32.1. The summed E-state index contributed by atoms with van der Waals surface area (Å²) in [7, 11) is 0. The number of nitrogens with zero attached hydrogens (tertiary/aromatic N) is 1. The number of rotatable bonds is 2. The maximum atomic E-state index is 4.20. The van der Waals surface area contributed by atoms with Gasteiger partial charge in [-0.3, -0.25) is 0 Å². The summed E-state index contributed by atoms with van der Waals surface area (Å²) in [4.78, 5) is 1.06. The topological polar surface area (TPSA) is 4.93 Å². The molecule has 4 aromatic rings. The Morgan fingerprint density at radius 2 is 1.61 bits per heavy atom. The SMILES string of the molecule is C/C=C(\C)c1ccc2c(c1)c1c(n2-c2ccccc2)=CCCC=1.Cc1ccccc1S. The monoisotopic (exact) mass is 423 g/mol. The Labute approximate surface area is 190 Å². The lowest BCUT2D eigenvalue weighted by molar-refractivity contribution is 1.02. The molecule has 1 heterocycles. The highest BCUT2D eigenvalue weighted by Gasteiger charge is 2.11. The fraction of sp³-hybridized carbons (Fsp3) is 0.172. The molecule has 0 aliphatic heterocycles. The summed E-state index contributed by atoms with van der Waals surface area (Å²) >= 11 is 4.20. The van der Waals surface area contributed by atoms with Gasteiger partial charge in [0, 0.05) is 26.5 Å². The molecular weight excluding hydrogens is 394 g/mol. The fourth-order valence-corrected chi connectivity index (χ4v) is 4.19. The van der Waals surface area contributed by atoms with Crippen molar-refractivity contribution in [3.63, 3.8) is 0 Å². The van der Waals surface area contributed by atoms with Crippen LogP contribution in [-0.2, 0) is 0 Å². The van der Waals surface area contributed by atoms with Crippen LogP contribution in [0, 0.1) is 6.92 Å². The maximum Gasteiger partial charge on any atom is 0.0541 e. The van der Waals surface area contributed by atoms with Crippen molar-refractivity contribution in [2.75, 3.05) is 0 Å². The van der Waals surface area contributed by atoms with Gasteiger partial charge in [0.25, 0.3) is 0 Å². The van der Waals surface area contributed by atoms with Gasteiger partial charge in [0.2, 0.25) is 0 Å². The number of allylic oxidation sites excluding steroid dienone is 2. The van der Waals surface area contributed by atoms with Gasteiger partial charge in [-0.1, -0.05) is 60.7 Å². The summed E-state index contributed by atoms with van der Waals surface area (Å²) < 4.78 is 2.40. The summed E-state index contributed by atoms with van der Waals surface area (Å²) in [6, 6.07) is 25.5. The van der Waals surface area contributed by atoms with E-state index in [4.69, 9.17) is 0 Å². The predicted molar refractivity (Wildman–Crippen MR) is 138 cm³/mol. The van der Waals surface area contributed by atoms with Crippen LogP contribution in [0.15, 0.2) is 83.8 Å². The zero-order chi connectivity index (χ0) is 21.8. The van der Waals surface area contributed by atoms with Crippen LogP contribution in [0.3, 0.4) is 0 Å². The smallest absolute Gasteiger partial charge is 0.0541 e. The molecule has 0 radical (unpaired) electrons. The standard InChI is InChI=1S/C22H21N.C7H8S/c1-3-16(2)17-13-14-22-20(15-17)19-11-7-8-12-21(19)23(22)18-9-5-4-6-10-18;1-6-4-2-3-5-7(6)8/h3-6,9-15H,7-8H2,1-2H3;2-5,8H,1H3/b16-3+;. The Morgan fingerprint density at radius 3 is 2.29 bits per heavy atom. The van der Waals surface area contributed by atoms with Crippen molar-refractivity contribution >= 4 is 41.3 Å². The van der Waals surface area contributed by atoms with Crippen LogP contribution >= 0.6 is 12.6 Å². The molecule has 31 heavy (non-hydrogen) atoms. The quantitative estimate of drug-likeness (QED) is 0.343. The number of aryl methyl sites for hydroxylation is 1. The first-order valence-corrected chi connectivity index (χ1v) is 11.3. The molecule has 1 aliphatic carbocycles. The predicted octanol–water partition coefficient (Wildman–Crippen LogP) is 6.69. The van der Waals surface area contributed by atoms with Crippen molar-refractivity contribution in [2.24, 2.45) is 0 Å². The molecular formula is C29H29NS. The average molecular weight is 424 g/mol. The molecule has 1 aromatic heterocycles. The van der Waals surface area contributed by atoms with Crippen LogP contribution < -0.4 is 10.6 Å². The highest BCUT2D eigenvalue weighted by Crippen LogP contribution is 2.21. The maximum absolute atomic E-state index is 4.20. The van der Waals surface area contributed by atoms with E-state index in [-0.39, 0.29) is 0 Å². The van der Waals surface area contributed by atoms with Crippen LogP contribution in [0.25, 0.3) is 34.3 Å². The normalized spacial score (nSPS) is 13.0. The summed E-state index contributed by atoms with van der Waals surface area (Å²) in [6.07, 6.45) is 9.21. The first kappa shape index (κ1) is 21.3. The molecule has 3 aromatic carbocycles. The van der Waals surface area contributed by atoms with Gasteiger partial charge in [-0.25, -0.2) is 0 Å². The van der Waals surface area contributed by atoms with E-state index in [0.29, 0.717) is 0 Å². The van der Waals surface area contributed by atoms with Crippen molar-refractivity contribution < 1.29 is 0 Å². The fourth-order valence-electron chi connectivity index (χ4n) is 4.03. The molecule has 0 atom stereocenters. The molecule has 0 saturated carbocycles. The van der Waals surface area contributed by atoms with E-state index in [0.717, 1.165) is 17.7 Å². The van der Waals surface area contributed by atoms with Gasteiger partial charge in [-0.2, -0.15) is 0 Å². The first-order valence-electron chi connectivity index (χ1n) is 10.9. The Kier molecular flexibility index (Phi) is 6.48. The zero-order valence-electron chi connectivity index (χ0n) is 18.5. The van der Waals surface area contributed by atoms with Gasteiger partial charge in [0.05, 0.1) is 5.52 Å². The third-order valence-corrected chi connectivity index (χ3v) is 6.42. The minimum Gasteiger partial charge on any atom is -0.310 e. The van der Waals surface area contributed by atoms with E-state index in [2.05, 4.69) is 97.8 Å². The molecule has 0 spiro atoms. The summed E-state index contributed by atoms with van der Waals surface area (Å²) in [6.45, 7) is 6.32. The van der Waals surface area contributed by atoms with Crippen LogP contribution in [0.1, 0.15) is 37.8 Å². The van der Waals surface area contributed by atoms with Gasteiger partial charge in [0.1, 0.15) is 0 Å². The number of hydrogen-bond donors (Lipinski definition) is 1. The Balaban J connectivity index is 0.000000245. The molecule has 1 aliphatic rings. The minimum atomic E-state index is 1.06. The lowest BCUT2D eigenvalue weighted by atomic mass is 10.0. The van der Waals surface area contributed by atoms with Gasteiger partial charge >= 0.3 is 0 Å². The van der Waals surface area contributed by atoms with Crippen molar-refractivity contribution in [1.29, 1.82) is 0 Å². The van der Waals surface area contributed by atoms with Crippen LogP contribution in [-0.4, -0.2) is 4.57 Å². The zero-order valence-corrected chi connectivity index (χ0v) is 19.4. The number of aromatic nitrogens is 1. The Morgan fingerprint density at radius 1 is 0.903 bits per heavy atom. The molecule has 0 bridgehead atoms. The highest BCUT2D eigenvalue weighted by molar-refractivity contribution is 7.80. The molecule has 0 unspecified atom stereocenters. The third-order valence-electron chi connectivity index (χ3n) is 5.92. The Bertz CT molecular complexity index is 1340. The van der Waals surface area contributed by atoms with Crippen molar-refractivity contribution in [3.05, 3.63) is 101 Å². The van der Waals surface area contributed by atoms with E-state index in [1.807, 2.05) is 31.2 Å². The summed E-state index contributed by atoms with van der Waals surface area (Å²) in [5.74, 6) is 0. The lowest BCUT2D eigenvalue weighted by Crippen LogP contribution is -2.30. The lowest BCUT2D eigenvalue weighted by Gasteiger charge is -2.08. The van der Waals surface area contributed by atoms with Crippen molar-refractivity contribution in [3.8, 4) is 5.69 Å². The summed E-state index contributed by atoms with van der Waals surface area (Å²) in [5, 5.41) is 4.09. The number of benzene rings is 3. The third kappa shape index (κ3) is 4.40. The van der Waals surface area contributed by atoms with Gasteiger partial charge < -0.3 is 4.57 Å². The van der Waals surface area contributed by atoms with E-state index in [1.54, 1.807) is 0 Å². The van der Waals surface area contributed by atoms with Crippen molar-refractivity contribution in [2.45, 2.75) is 38.5 Å². The van der Waals surface area contributed by atoms with Crippen LogP contribution in [0.5, 0.6) is 0 Å². The van der Waals surface area contributed by atoms with Gasteiger partial charge in [0.15, 0.2) is 0 Å². The number of para-hydroxylation sites is 1. The van der Waals surface area contributed by atoms with Crippen LogP contribution in [0.2, 0.25) is 0 Å². The van der Waals surface area contributed by atoms with E-state index in [9.17, 15) is 0 Å². The van der Waals surface area contributed by atoms with Crippen molar-refractivity contribution in [1.82, 2.24) is 4.57 Å². The number of thiol groups is 1. The largest absolute Gasteiger partial charge is 0.310 e.